The normalized spacial score (nSPS) is 14.2. The Morgan fingerprint density at radius 2 is 2.14 bits per heavy atom. The number of nitrogens with one attached hydrogen (secondary N) is 1. The minimum atomic E-state index is -0.230. The number of nitrogens with zero attached hydrogens (tertiary/aromatic N) is 4. The molecule has 3 aromatic rings. The Labute approximate surface area is 163 Å². The highest BCUT2D eigenvalue weighted by Crippen LogP contribution is 2.31. The molecule has 0 saturated carbocycles. The van der Waals surface area contributed by atoms with Crippen molar-refractivity contribution in [2.45, 2.75) is 46.6 Å². The van der Waals surface area contributed by atoms with Crippen molar-refractivity contribution in [2.75, 3.05) is 13.1 Å². The third-order valence-corrected chi connectivity index (χ3v) is 5.30. The molecule has 7 nitrogen and oxygen atoms in total. The predicted octanol–water partition coefficient (Wildman–Crippen LogP) is 3.26. The van der Waals surface area contributed by atoms with Crippen LogP contribution in [-0.4, -0.2) is 38.1 Å². The van der Waals surface area contributed by atoms with E-state index in [0.29, 0.717) is 11.4 Å². The summed E-state index contributed by atoms with van der Waals surface area (Å²) in [6, 6.07) is 3.53. The third kappa shape index (κ3) is 3.49. The number of aromatic amines is 1. The number of hydrogen-bond donors (Lipinski definition) is 1. The third-order valence-electron chi connectivity index (χ3n) is 5.30. The molecule has 0 saturated heterocycles. The molecule has 0 spiro atoms. The fraction of sp³-hybridized carbons (Fsp3) is 0.429. The molecule has 0 fully saturated rings. The van der Waals surface area contributed by atoms with Gasteiger partial charge in [-0.3, -0.25) is 14.7 Å². The van der Waals surface area contributed by atoms with Gasteiger partial charge in [-0.15, -0.1) is 0 Å². The van der Waals surface area contributed by atoms with Gasteiger partial charge in [-0.2, -0.15) is 4.98 Å². The summed E-state index contributed by atoms with van der Waals surface area (Å²) < 4.78 is 5.43. The molecule has 28 heavy (non-hydrogen) atoms. The van der Waals surface area contributed by atoms with Gasteiger partial charge in [0, 0.05) is 36.2 Å². The summed E-state index contributed by atoms with van der Waals surface area (Å²) in [6.45, 7) is 9.05. The van der Waals surface area contributed by atoms with Crippen LogP contribution in [0.15, 0.2) is 27.6 Å². The highest BCUT2D eigenvalue weighted by molar-refractivity contribution is 5.66. The first-order valence-electron chi connectivity index (χ1n) is 9.81. The summed E-state index contributed by atoms with van der Waals surface area (Å²) in [4.78, 5) is 26.6. The van der Waals surface area contributed by atoms with Gasteiger partial charge >= 0.3 is 0 Å². The maximum absolute atomic E-state index is 12.2. The molecule has 1 aliphatic rings. The Kier molecular flexibility index (Phi) is 5.09. The minimum Gasteiger partial charge on any atom is -0.333 e. The van der Waals surface area contributed by atoms with Crippen LogP contribution in [0.4, 0.5) is 0 Å². The zero-order chi connectivity index (χ0) is 19.7. The van der Waals surface area contributed by atoms with Gasteiger partial charge in [0.05, 0.1) is 0 Å². The predicted molar refractivity (Wildman–Crippen MR) is 107 cm³/mol. The second-order valence-corrected chi connectivity index (χ2v) is 7.41. The number of hydrogen-bond acceptors (Lipinski definition) is 6. The van der Waals surface area contributed by atoms with E-state index < -0.39 is 0 Å². The fourth-order valence-electron chi connectivity index (χ4n) is 3.75. The Hall–Kier alpha value is -2.80. The maximum Gasteiger partial charge on any atom is 0.263 e. The molecule has 7 heteroatoms. The van der Waals surface area contributed by atoms with E-state index in [1.807, 2.05) is 26.1 Å². The van der Waals surface area contributed by atoms with Crippen molar-refractivity contribution in [1.29, 1.82) is 0 Å². The van der Waals surface area contributed by atoms with Crippen LogP contribution in [0.1, 0.15) is 42.3 Å². The van der Waals surface area contributed by atoms with Crippen molar-refractivity contribution in [3.8, 4) is 22.8 Å². The van der Waals surface area contributed by atoms with Crippen molar-refractivity contribution in [3.63, 3.8) is 0 Å². The first-order valence-corrected chi connectivity index (χ1v) is 9.81. The van der Waals surface area contributed by atoms with Crippen LogP contribution in [0.3, 0.4) is 0 Å². The molecule has 0 bridgehead atoms. The number of aryl methyl sites for hydroxylation is 2. The lowest BCUT2D eigenvalue weighted by Crippen LogP contribution is -2.32. The monoisotopic (exact) mass is 379 g/mol. The van der Waals surface area contributed by atoms with Crippen molar-refractivity contribution < 1.29 is 4.52 Å². The summed E-state index contributed by atoms with van der Waals surface area (Å²) >= 11 is 0. The van der Waals surface area contributed by atoms with Crippen LogP contribution in [-0.2, 0) is 13.0 Å². The largest absolute Gasteiger partial charge is 0.333 e. The average Bonchev–Trinajstić information content (AvgIpc) is 3.15. The molecule has 3 aromatic heterocycles. The van der Waals surface area contributed by atoms with Crippen molar-refractivity contribution in [3.05, 3.63) is 51.2 Å². The van der Waals surface area contributed by atoms with Crippen LogP contribution >= 0.6 is 0 Å². The Morgan fingerprint density at radius 1 is 1.29 bits per heavy atom. The number of pyridine rings is 2. The van der Waals surface area contributed by atoms with Crippen LogP contribution < -0.4 is 5.56 Å². The summed E-state index contributed by atoms with van der Waals surface area (Å²) in [5.41, 5.74) is 5.22. The molecule has 4 heterocycles. The van der Waals surface area contributed by atoms with E-state index in [2.05, 4.69) is 31.9 Å². The van der Waals surface area contributed by atoms with E-state index >= 15 is 0 Å². The van der Waals surface area contributed by atoms with Crippen molar-refractivity contribution >= 4 is 0 Å². The Bertz CT molecular complexity index is 1050. The smallest absolute Gasteiger partial charge is 0.263 e. The molecule has 4 rings (SSSR count). The topological polar surface area (TPSA) is 87.9 Å². The fourth-order valence-corrected chi connectivity index (χ4v) is 3.75. The molecule has 146 valence electrons. The zero-order valence-corrected chi connectivity index (χ0v) is 16.6. The van der Waals surface area contributed by atoms with Crippen molar-refractivity contribution in [2.24, 2.45) is 0 Å². The first-order chi connectivity index (χ1) is 13.6. The summed E-state index contributed by atoms with van der Waals surface area (Å²) in [5, 5.41) is 4.17. The molecule has 0 aromatic carbocycles. The average molecular weight is 379 g/mol. The molecule has 0 unspecified atom stereocenters. The molecule has 1 aliphatic heterocycles. The highest BCUT2D eigenvalue weighted by atomic mass is 16.5. The lowest BCUT2D eigenvalue weighted by molar-refractivity contribution is 0.250. The quantitative estimate of drug-likeness (QED) is 0.732. The van der Waals surface area contributed by atoms with Gasteiger partial charge in [0.25, 0.3) is 11.4 Å². The van der Waals surface area contributed by atoms with E-state index in [4.69, 9.17) is 4.52 Å². The number of rotatable bonds is 5. The van der Waals surface area contributed by atoms with Crippen LogP contribution in [0.2, 0.25) is 0 Å². The van der Waals surface area contributed by atoms with Gasteiger partial charge in [0.2, 0.25) is 5.82 Å². The van der Waals surface area contributed by atoms with Gasteiger partial charge in [-0.1, -0.05) is 18.5 Å². The van der Waals surface area contributed by atoms with Gasteiger partial charge in [0.15, 0.2) is 0 Å². The van der Waals surface area contributed by atoms with E-state index in [9.17, 15) is 4.79 Å². The van der Waals surface area contributed by atoms with Gasteiger partial charge in [-0.25, -0.2) is 0 Å². The molecule has 0 atom stereocenters. The van der Waals surface area contributed by atoms with E-state index in [0.717, 1.165) is 43.0 Å². The van der Waals surface area contributed by atoms with Crippen molar-refractivity contribution in [1.82, 2.24) is 25.0 Å². The number of unbranched alkanes of at least 4 members (excludes halogenated alkanes) is 1. The molecular weight excluding hydrogens is 354 g/mol. The lowest BCUT2D eigenvalue weighted by atomic mass is 9.94. The van der Waals surface area contributed by atoms with E-state index in [-0.39, 0.29) is 11.4 Å². The van der Waals surface area contributed by atoms with Gasteiger partial charge in [-0.05, 0) is 56.5 Å². The van der Waals surface area contributed by atoms with Crippen LogP contribution in [0.25, 0.3) is 22.8 Å². The molecule has 0 amide bonds. The number of aromatic nitrogens is 4. The van der Waals surface area contributed by atoms with Crippen LogP contribution in [0.5, 0.6) is 0 Å². The zero-order valence-electron chi connectivity index (χ0n) is 16.6. The summed E-state index contributed by atoms with van der Waals surface area (Å²) in [7, 11) is 0. The maximum atomic E-state index is 12.2. The lowest BCUT2D eigenvalue weighted by Gasteiger charge is -2.29. The second kappa shape index (κ2) is 7.67. The minimum absolute atomic E-state index is 0.230. The number of H-pyrrole nitrogens is 1. The van der Waals surface area contributed by atoms with Gasteiger partial charge < -0.3 is 9.51 Å². The van der Waals surface area contributed by atoms with E-state index in [1.165, 1.54) is 24.0 Å². The molecule has 0 aliphatic carbocycles. The molecule has 1 N–H and O–H groups in total. The molecular formula is C21H25N5O2. The highest BCUT2D eigenvalue weighted by Gasteiger charge is 2.24. The Morgan fingerprint density at radius 3 is 2.93 bits per heavy atom. The van der Waals surface area contributed by atoms with Crippen LogP contribution in [0, 0.1) is 13.8 Å². The number of fused-ring (bicyclic) bond motifs is 1. The molecule has 0 radical (unpaired) electrons. The summed E-state index contributed by atoms with van der Waals surface area (Å²) in [6.07, 6.45) is 5.32. The second-order valence-electron chi connectivity index (χ2n) is 7.41. The standard InChI is InChI=1S/C21H25N5O2/c1-4-5-9-26-10-8-16-15(12-26)11-22-14(3)18(16)19-24-21(28-25-19)17-7-6-13(2)23-20(17)27/h6-7,11H,4-5,8-10,12H2,1-3H3,(H,23,27). The SMILES string of the molecule is CCCCN1CCc2c(cnc(C)c2-c2noc(-c3ccc(C)[nH]c3=O)n2)C1. The summed E-state index contributed by atoms with van der Waals surface area (Å²) in [5.74, 6) is 0.729. The Balaban J connectivity index is 1.69. The first kappa shape index (κ1) is 18.6. The van der Waals surface area contributed by atoms with E-state index in [1.54, 1.807) is 6.07 Å². The van der Waals surface area contributed by atoms with Gasteiger partial charge in [0.1, 0.15) is 5.56 Å².